The highest BCUT2D eigenvalue weighted by Gasteiger charge is 2.51. The van der Waals surface area contributed by atoms with Gasteiger partial charge in [-0.05, 0) is 78.3 Å². The van der Waals surface area contributed by atoms with Crippen molar-refractivity contribution in [1.29, 1.82) is 0 Å². The van der Waals surface area contributed by atoms with Crippen LogP contribution in [0.5, 0.6) is 5.75 Å². The summed E-state index contributed by atoms with van der Waals surface area (Å²) in [4.78, 5) is 13.8. The minimum Gasteiger partial charge on any atom is -0.487 e. The second kappa shape index (κ2) is 11.2. The molecule has 0 bridgehead atoms. The Labute approximate surface area is 245 Å². The molecule has 5 rings (SSSR count). The molecule has 0 spiro atoms. The first-order valence-corrected chi connectivity index (χ1v) is 14.1. The van der Waals surface area contributed by atoms with E-state index < -0.39 is 11.4 Å². The number of ether oxygens (including phenoxy) is 1. The number of hydrogen-bond donors (Lipinski definition) is 1. The highest BCUT2D eigenvalue weighted by molar-refractivity contribution is 6.37. The highest BCUT2D eigenvalue weighted by atomic mass is 35.5. The van der Waals surface area contributed by atoms with E-state index in [1.807, 2.05) is 48.7 Å². The van der Waals surface area contributed by atoms with Crippen LogP contribution in [-0.2, 0) is 23.4 Å². The minimum atomic E-state index is -0.729. The molecule has 4 aromatic rings. The predicted octanol–water partition coefficient (Wildman–Crippen LogP) is 7.94. The minimum absolute atomic E-state index is 0.249. The second-order valence-electron chi connectivity index (χ2n) is 10.9. The summed E-state index contributed by atoms with van der Waals surface area (Å²) in [5.41, 5.74) is 6.15. The third-order valence-corrected chi connectivity index (χ3v) is 8.32. The van der Waals surface area contributed by atoms with Crippen molar-refractivity contribution in [2.45, 2.75) is 58.1 Å². The fourth-order valence-electron chi connectivity index (χ4n) is 5.23. The lowest BCUT2D eigenvalue weighted by Crippen LogP contribution is -2.20. The van der Waals surface area contributed by atoms with Gasteiger partial charge in [-0.1, -0.05) is 67.4 Å². The molecular formula is C32H33Cl2N3O3. The Kier molecular flexibility index (Phi) is 7.85. The number of anilines is 1. The first-order chi connectivity index (χ1) is 19.1. The number of nitrogens with zero attached hydrogens (tertiary/aromatic N) is 3. The Morgan fingerprint density at radius 1 is 1.10 bits per heavy atom. The van der Waals surface area contributed by atoms with E-state index in [1.54, 1.807) is 16.8 Å². The fourth-order valence-corrected chi connectivity index (χ4v) is 5.79. The fraction of sp³-hybridized carbons (Fsp3) is 0.312. The Bertz CT molecular complexity index is 1520. The molecule has 40 heavy (non-hydrogen) atoms. The van der Waals surface area contributed by atoms with Gasteiger partial charge in [0.2, 0.25) is 0 Å². The molecule has 1 N–H and O–H groups in total. The number of rotatable bonds is 10. The first-order valence-electron chi connectivity index (χ1n) is 13.4. The summed E-state index contributed by atoms with van der Waals surface area (Å²) in [5, 5.41) is 15.2. The van der Waals surface area contributed by atoms with E-state index in [-0.39, 0.29) is 5.92 Å². The van der Waals surface area contributed by atoms with E-state index >= 15 is 0 Å². The van der Waals surface area contributed by atoms with Crippen molar-refractivity contribution in [1.82, 2.24) is 9.78 Å². The summed E-state index contributed by atoms with van der Waals surface area (Å²) in [5.74, 6) is 0.280. The van der Waals surface area contributed by atoms with Gasteiger partial charge in [0, 0.05) is 19.3 Å². The highest BCUT2D eigenvalue weighted by Crippen LogP contribution is 2.48. The number of benzene rings is 3. The zero-order valence-corrected chi connectivity index (χ0v) is 24.6. The molecular weight excluding hydrogens is 545 g/mol. The van der Waals surface area contributed by atoms with Crippen LogP contribution in [0.25, 0.3) is 5.69 Å². The van der Waals surface area contributed by atoms with Crippen LogP contribution in [0.15, 0.2) is 66.9 Å². The molecule has 8 heteroatoms. The lowest BCUT2D eigenvalue weighted by molar-refractivity contribution is -0.140. The topological polar surface area (TPSA) is 67.6 Å². The van der Waals surface area contributed by atoms with Crippen LogP contribution >= 0.6 is 23.2 Å². The number of para-hydroxylation sites is 1. The number of aliphatic carboxylic acids is 1. The second-order valence-corrected chi connectivity index (χ2v) is 11.7. The summed E-state index contributed by atoms with van der Waals surface area (Å²) in [6, 6.07) is 19.5. The third kappa shape index (κ3) is 5.43. The number of carboxylic acids is 1. The summed E-state index contributed by atoms with van der Waals surface area (Å²) >= 11 is 13.0. The van der Waals surface area contributed by atoms with E-state index in [0.29, 0.717) is 41.7 Å². The van der Waals surface area contributed by atoms with Gasteiger partial charge >= 0.3 is 5.97 Å². The van der Waals surface area contributed by atoms with Gasteiger partial charge in [-0.15, -0.1) is 0 Å². The predicted molar refractivity (Wildman–Crippen MR) is 160 cm³/mol. The number of carboxylic acid groups (broad SMARTS) is 1. The number of carbonyl (C=O) groups is 1. The van der Waals surface area contributed by atoms with E-state index in [0.717, 1.165) is 39.4 Å². The zero-order chi connectivity index (χ0) is 28.6. The molecule has 0 unspecified atom stereocenters. The van der Waals surface area contributed by atoms with E-state index in [4.69, 9.17) is 27.9 Å². The molecule has 1 fully saturated rings. The quantitative estimate of drug-likeness (QED) is 0.207. The number of aryl methyl sites for hydroxylation is 1. The van der Waals surface area contributed by atoms with Gasteiger partial charge in [0.05, 0.1) is 27.4 Å². The average molecular weight is 579 g/mol. The van der Waals surface area contributed by atoms with Crippen LogP contribution in [0.2, 0.25) is 10.0 Å². The molecule has 0 radical (unpaired) electrons. The molecule has 1 aromatic heterocycles. The Morgan fingerprint density at radius 3 is 2.35 bits per heavy atom. The summed E-state index contributed by atoms with van der Waals surface area (Å²) in [7, 11) is 2.05. The van der Waals surface area contributed by atoms with Crippen molar-refractivity contribution in [2.24, 2.45) is 0 Å². The van der Waals surface area contributed by atoms with Crippen LogP contribution in [0.1, 0.15) is 60.6 Å². The van der Waals surface area contributed by atoms with E-state index in [2.05, 4.69) is 43.9 Å². The molecule has 1 aliphatic carbocycles. The van der Waals surface area contributed by atoms with Crippen LogP contribution in [-0.4, -0.2) is 27.9 Å². The molecule has 6 nitrogen and oxygen atoms in total. The summed E-state index contributed by atoms with van der Waals surface area (Å²) in [6.45, 7) is 7.33. The van der Waals surface area contributed by atoms with Crippen molar-refractivity contribution >= 4 is 34.9 Å². The van der Waals surface area contributed by atoms with Gasteiger partial charge < -0.3 is 14.7 Å². The molecule has 0 aliphatic heterocycles. The van der Waals surface area contributed by atoms with Gasteiger partial charge in [0.25, 0.3) is 0 Å². The number of aromatic nitrogens is 2. The molecule has 1 heterocycles. The Hall–Kier alpha value is -3.48. The number of halogens is 2. The molecule has 1 aliphatic rings. The molecule has 3 aromatic carbocycles. The van der Waals surface area contributed by atoms with Gasteiger partial charge in [-0.25, -0.2) is 4.68 Å². The molecule has 0 saturated heterocycles. The van der Waals surface area contributed by atoms with Gasteiger partial charge in [-0.2, -0.15) is 5.10 Å². The van der Waals surface area contributed by atoms with Gasteiger partial charge in [-0.3, -0.25) is 4.79 Å². The zero-order valence-electron chi connectivity index (χ0n) is 23.1. The number of hydrogen-bond acceptors (Lipinski definition) is 4. The van der Waals surface area contributed by atoms with Crippen molar-refractivity contribution in [2.75, 3.05) is 11.9 Å². The molecule has 208 valence electrons. The average Bonchev–Trinajstić information content (AvgIpc) is 3.62. The van der Waals surface area contributed by atoms with Gasteiger partial charge in [0.15, 0.2) is 0 Å². The first kappa shape index (κ1) is 28.1. The third-order valence-electron chi connectivity index (χ3n) is 7.71. The SMILES string of the molecule is Cc1cc(OCc2c(C(C)C)cnn2-c2c(Cl)cccc2Cl)ccc1N(C)Cc1ccc(C2(C(=O)O)CC2)cc1. The maximum atomic E-state index is 11.6. The molecule has 0 atom stereocenters. The van der Waals surface area contributed by atoms with E-state index in [1.165, 1.54) is 0 Å². The van der Waals surface area contributed by atoms with Crippen LogP contribution < -0.4 is 9.64 Å². The molecule has 0 amide bonds. The van der Waals surface area contributed by atoms with Crippen molar-refractivity contribution in [3.8, 4) is 11.4 Å². The van der Waals surface area contributed by atoms with Crippen molar-refractivity contribution in [3.63, 3.8) is 0 Å². The van der Waals surface area contributed by atoms with E-state index in [9.17, 15) is 9.90 Å². The Morgan fingerprint density at radius 2 is 1.77 bits per heavy atom. The smallest absolute Gasteiger partial charge is 0.314 e. The lowest BCUT2D eigenvalue weighted by atomic mass is 9.95. The monoisotopic (exact) mass is 577 g/mol. The Balaban J connectivity index is 1.30. The van der Waals surface area contributed by atoms with Crippen LogP contribution in [0.3, 0.4) is 0 Å². The maximum absolute atomic E-state index is 11.6. The summed E-state index contributed by atoms with van der Waals surface area (Å²) < 4.78 is 8.05. The standard InChI is InChI=1S/C32H33Cl2N3O3/c1-20(2)25-17-35-37(30-26(33)6-5-7-27(30)34)29(25)19-40-24-12-13-28(21(3)16-24)36(4)18-22-8-10-23(11-9-22)32(14-15-32)31(38)39/h5-13,16-17,20H,14-15,18-19H2,1-4H3,(H,38,39). The van der Waals surface area contributed by atoms with Crippen molar-refractivity contribution < 1.29 is 14.6 Å². The van der Waals surface area contributed by atoms with Crippen LogP contribution in [0.4, 0.5) is 5.69 Å². The van der Waals surface area contributed by atoms with Crippen LogP contribution in [0, 0.1) is 6.92 Å². The maximum Gasteiger partial charge on any atom is 0.314 e. The molecule has 1 saturated carbocycles. The largest absolute Gasteiger partial charge is 0.487 e. The summed E-state index contributed by atoms with van der Waals surface area (Å²) in [6.07, 6.45) is 3.28. The normalized spacial score (nSPS) is 13.9. The van der Waals surface area contributed by atoms with Gasteiger partial charge in [0.1, 0.15) is 18.0 Å². The lowest BCUT2D eigenvalue weighted by Gasteiger charge is -2.23. The van der Waals surface area contributed by atoms with Crippen molar-refractivity contribution in [3.05, 3.63) is 105 Å².